The minimum absolute atomic E-state index is 0.0394. The van der Waals surface area contributed by atoms with Gasteiger partial charge in [0, 0.05) is 12.1 Å². The second kappa shape index (κ2) is 8.63. The summed E-state index contributed by atoms with van der Waals surface area (Å²) in [5, 5.41) is 2.29. The highest BCUT2D eigenvalue weighted by molar-refractivity contribution is 7.92. The number of hydrogen-bond acceptors (Lipinski definition) is 3. The summed E-state index contributed by atoms with van der Waals surface area (Å²) >= 11 is 5.73. The molecule has 0 aromatic heterocycles. The summed E-state index contributed by atoms with van der Waals surface area (Å²) in [5.74, 6) is -1.40. The molecule has 0 atom stereocenters. The maximum atomic E-state index is 14.0. The summed E-state index contributed by atoms with van der Waals surface area (Å²) in [4.78, 5) is 12.5. The molecule has 150 valence electrons. The number of anilines is 2. The van der Waals surface area contributed by atoms with Gasteiger partial charge in [0.15, 0.2) is 5.82 Å². The van der Waals surface area contributed by atoms with Crippen LogP contribution in [0.5, 0.6) is 0 Å². The van der Waals surface area contributed by atoms with Crippen LogP contribution in [0.15, 0.2) is 77.7 Å². The van der Waals surface area contributed by atoms with Crippen molar-refractivity contribution in [2.75, 3.05) is 16.2 Å². The van der Waals surface area contributed by atoms with E-state index in [-0.39, 0.29) is 27.7 Å². The van der Waals surface area contributed by atoms with Crippen molar-refractivity contribution >= 4 is 38.9 Å². The fourth-order valence-corrected chi connectivity index (χ4v) is 4.50. The molecule has 1 N–H and O–H groups in total. The SMILES string of the molecule is CCN(c1ccccc1)S(=O)(=O)c1cccc(C(=O)Nc2cccc(Cl)c2F)c1. The molecule has 0 aliphatic rings. The lowest BCUT2D eigenvalue weighted by atomic mass is 10.2. The summed E-state index contributed by atoms with van der Waals surface area (Å²) in [6, 6.07) is 18.5. The van der Waals surface area contributed by atoms with Gasteiger partial charge < -0.3 is 5.32 Å². The molecule has 3 rings (SSSR count). The molecule has 0 spiro atoms. The molecule has 3 aromatic rings. The number of hydrogen-bond donors (Lipinski definition) is 1. The van der Waals surface area contributed by atoms with Crippen LogP contribution >= 0.6 is 11.6 Å². The molecule has 0 unspecified atom stereocenters. The number of nitrogens with one attached hydrogen (secondary N) is 1. The van der Waals surface area contributed by atoms with Crippen LogP contribution in [0, 0.1) is 5.82 Å². The van der Waals surface area contributed by atoms with Crippen molar-refractivity contribution in [1.82, 2.24) is 0 Å². The highest BCUT2D eigenvalue weighted by Gasteiger charge is 2.24. The van der Waals surface area contributed by atoms with Crippen LogP contribution in [0.3, 0.4) is 0 Å². The molecule has 0 aliphatic carbocycles. The zero-order valence-electron chi connectivity index (χ0n) is 15.5. The third-order valence-electron chi connectivity index (χ3n) is 4.22. The lowest BCUT2D eigenvalue weighted by Gasteiger charge is -2.23. The Kier molecular flexibility index (Phi) is 6.20. The van der Waals surface area contributed by atoms with Crippen molar-refractivity contribution in [3.05, 3.63) is 89.2 Å². The van der Waals surface area contributed by atoms with Crippen LogP contribution in [-0.4, -0.2) is 20.9 Å². The summed E-state index contributed by atoms with van der Waals surface area (Å²) in [5.41, 5.74) is 0.510. The van der Waals surface area contributed by atoms with Crippen molar-refractivity contribution in [2.45, 2.75) is 11.8 Å². The summed E-state index contributed by atoms with van der Waals surface area (Å²) in [6.07, 6.45) is 0. The first-order chi connectivity index (χ1) is 13.8. The van der Waals surface area contributed by atoms with Crippen molar-refractivity contribution in [3.8, 4) is 0 Å². The number of benzene rings is 3. The van der Waals surface area contributed by atoms with Crippen LogP contribution in [0.1, 0.15) is 17.3 Å². The Labute approximate surface area is 173 Å². The first kappa shape index (κ1) is 20.8. The van der Waals surface area contributed by atoms with Gasteiger partial charge in [-0.3, -0.25) is 9.10 Å². The molecule has 0 saturated carbocycles. The molecule has 0 aliphatic heterocycles. The number of rotatable bonds is 6. The minimum Gasteiger partial charge on any atom is -0.319 e. The molecule has 0 fully saturated rings. The average Bonchev–Trinajstić information content (AvgIpc) is 2.72. The van der Waals surface area contributed by atoms with Gasteiger partial charge in [-0.25, -0.2) is 12.8 Å². The maximum Gasteiger partial charge on any atom is 0.264 e. The predicted molar refractivity (Wildman–Crippen MR) is 112 cm³/mol. The van der Waals surface area contributed by atoms with Crippen LogP contribution < -0.4 is 9.62 Å². The number of nitrogens with zero attached hydrogens (tertiary/aromatic N) is 1. The fourth-order valence-electron chi connectivity index (χ4n) is 2.81. The Bertz CT molecular complexity index is 1140. The van der Waals surface area contributed by atoms with Crippen LogP contribution in [0.2, 0.25) is 5.02 Å². The average molecular weight is 433 g/mol. The van der Waals surface area contributed by atoms with Crippen LogP contribution in [0.25, 0.3) is 0 Å². The first-order valence-electron chi connectivity index (χ1n) is 8.78. The molecule has 1 amide bonds. The lowest BCUT2D eigenvalue weighted by molar-refractivity contribution is 0.102. The highest BCUT2D eigenvalue weighted by Crippen LogP contribution is 2.25. The summed E-state index contributed by atoms with van der Waals surface area (Å²) in [6.45, 7) is 1.94. The number of sulfonamides is 1. The molecule has 0 bridgehead atoms. The number of carbonyl (C=O) groups is 1. The summed E-state index contributed by atoms with van der Waals surface area (Å²) < 4.78 is 41.5. The van der Waals surface area contributed by atoms with E-state index < -0.39 is 21.7 Å². The van der Waals surface area contributed by atoms with Gasteiger partial charge >= 0.3 is 0 Å². The topological polar surface area (TPSA) is 66.5 Å². The van der Waals surface area contributed by atoms with Gasteiger partial charge in [-0.2, -0.15) is 0 Å². The molecule has 0 heterocycles. The quantitative estimate of drug-likeness (QED) is 0.599. The highest BCUT2D eigenvalue weighted by atomic mass is 35.5. The lowest BCUT2D eigenvalue weighted by Crippen LogP contribution is -2.31. The van der Waals surface area contributed by atoms with E-state index in [0.717, 1.165) is 0 Å². The van der Waals surface area contributed by atoms with Gasteiger partial charge in [0.25, 0.3) is 15.9 Å². The first-order valence-corrected chi connectivity index (χ1v) is 10.6. The Balaban J connectivity index is 1.92. The Morgan fingerprint density at radius 1 is 1.03 bits per heavy atom. The second-order valence-corrected chi connectivity index (χ2v) is 8.36. The van der Waals surface area contributed by atoms with Gasteiger partial charge in [-0.05, 0) is 49.4 Å². The van der Waals surface area contributed by atoms with Crippen molar-refractivity contribution in [3.63, 3.8) is 0 Å². The van der Waals surface area contributed by atoms with Gasteiger partial charge in [-0.15, -0.1) is 0 Å². The Morgan fingerprint density at radius 3 is 2.41 bits per heavy atom. The van der Waals surface area contributed by atoms with Crippen LogP contribution in [0.4, 0.5) is 15.8 Å². The second-order valence-electron chi connectivity index (χ2n) is 6.09. The van der Waals surface area contributed by atoms with Crippen molar-refractivity contribution in [2.24, 2.45) is 0 Å². The zero-order valence-corrected chi connectivity index (χ0v) is 17.0. The molecule has 29 heavy (non-hydrogen) atoms. The van der Waals surface area contributed by atoms with E-state index in [0.29, 0.717) is 5.69 Å². The number of halogens is 2. The van der Waals surface area contributed by atoms with Gasteiger partial charge in [-0.1, -0.05) is 41.9 Å². The standard InChI is InChI=1S/C21H18ClFN2O3S/c1-2-25(16-9-4-3-5-10-16)29(27,28)17-11-6-8-15(14-17)21(26)24-19-13-7-12-18(22)20(19)23/h3-14H,2H2,1H3,(H,24,26). The minimum atomic E-state index is -3.89. The van der Waals surface area contributed by atoms with E-state index in [9.17, 15) is 17.6 Å². The molecule has 3 aromatic carbocycles. The zero-order chi connectivity index (χ0) is 21.0. The fraction of sp³-hybridized carbons (Fsp3) is 0.0952. The molecule has 5 nitrogen and oxygen atoms in total. The largest absolute Gasteiger partial charge is 0.319 e. The maximum absolute atomic E-state index is 14.0. The van der Waals surface area contributed by atoms with Crippen LogP contribution in [-0.2, 0) is 10.0 Å². The molecular formula is C21H18ClFN2O3S. The molecule has 0 radical (unpaired) electrons. The van der Waals surface area contributed by atoms with E-state index >= 15 is 0 Å². The molecule has 0 saturated heterocycles. The van der Waals surface area contributed by atoms with E-state index in [2.05, 4.69) is 5.32 Å². The smallest absolute Gasteiger partial charge is 0.264 e. The number of carbonyl (C=O) groups excluding carboxylic acids is 1. The summed E-state index contributed by atoms with van der Waals surface area (Å²) in [7, 11) is -3.89. The van der Waals surface area contributed by atoms with E-state index in [1.54, 1.807) is 37.3 Å². The number of para-hydroxylation sites is 1. The molecular weight excluding hydrogens is 415 g/mol. The van der Waals surface area contributed by atoms with Gasteiger partial charge in [0.2, 0.25) is 0 Å². The van der Waals surface area contributed by atoms with Crippen molar-refractivity contribution < 1.29 is 17.6 Å². The normalized spacial score (nSPS) is 11.1. The monoisotopic (exact) mass is 432 g/mol. The predicted octanol–water partition coefficient (Wildman–Crippen LogP) is 4.95. The van der Waals surface area contributed by atoms with E-state index in [1.807, 2.05) is 0 Å². The van der Waals surface area contributed by atoms with E-state index in [1.165, 1.54) is 46.8 Å². The number of amides is 1. The Morgan fingerprint density at radius 2 is 1.72 bits per heavy atom. The Hall–Kier alpha value is -2.90. The molecule has 8 heteroatoms. The van der Waals surface area contributed by atoms with Gasteiger partial charge in [0.05, 0.1) is 21.3 Å². The van der Waals surface area contributed by atoms with Crippen molar-refractivity contribution in [1.29, 1.82) is 0 Å². The third-order valence-corrected chi connectivity index (χ3v) is 6.41. The van der Waals surface area contributed by atoms with Gasteiger partial charge in [0.1, 0.15) is 0 Å². The third kappa shape index (κ3) is 4.41. The van der Waals surface area contributed by atoms with E-state index in [4.69, 9.17) is 11.6 Å².